The summed E-state index contributed by atoms with van der Waals surface area (Å²) in [4.78, 5) is 19.5. The molecule has 0 atom stereocenters. The third kappa shape index (κ3) is 5.46. The van der Waals surface area contributed by atoms with Crippen LogP contribution in [0.1, 0.15) is 18.1 Å². The maximum atomic E-state index is 12.0. The van der Waals surface area contributed by atoms with Crippen LogP contribution in [0.2, 0.25) is 5.15 Å². The molecule has 23 heavy (non-hydrogen) atoms. The molecule has 0 spiro atoms. The molecule has 0 unspecified atom stereocenters. The third-order valence-electron chi connectivity index (χ3n) is 2.88. The fourth-order valence-electron chi connectivity index (χ4n) is 1.82. The summed E-state index contributed by atoms with van der Waals surface area (Å²) in [7, 11) is -3.81. The van der Waals surface area contributed by atoms with Gasteiger partial charge in [0.15, 0.2) is 0 Å². The van der Waals surface area contributed by atoms with Crippen LogP contribution in [0.5, 0.6) is 0 Å². The lowest BCUT2D eigenvalue weighted by Crippen LogP contribution is -2.30. The van der Waals surface area contributed by atoms with Gasteiger partial charge in [0.25, 0.3) is 5.91 Å². The van der Waals surface area contributed by atoms with Gasteiger partial charge in [-0.25, -0.2) is 18.1 Å². The van der Waals surface area contributed by atoms with Gasteiger partial charge in [0.05, 0.1) is 5.75 Å². The van der Waals surface area contributed by atoms with Gasteiger partial charge in [-0.1, -0.05) is 17.7 Å². The van der Waals surface area contributed by atoms with E-state index in [1.165, 1.54) is 24.4 Å². The van der Waals surface area contributed by atoms with Crippen molar-refractivity contribution in [3.63, 3.8) is 0 Å². The van der Waals surface area contributed by atoms with Crippen molar-refractivity contribution in [2.24, 2.45) is 0 Å². The van der Waals surface area contributed by atoms with E-state index < -0.39 is 15.9 Å². The monoisotopic (exact) mass is 351 g/mol. The van der Waals surface area contributed by atoms with E-state index in [4.69, 9.17) is 11.6 Å². The molecule has 0 aliphatic heterocycles. The number of amides is 1. The fourth-order valence-corrected chi connectivity index (χ4v) is 2.98. The summed E-state index contributed by atoms with van der Waals surface area (Å²) in [6, 6.07) is 6.48. The molecule has 1 amide bonds. The van der Waals surface area contributed by atoms with Gasteiger partial charge in [-0.15, -0.1) is 0 Å². The molecule has 2 aromatic heterocycles. The van der Waals surface area contributed by atoms with Crippen molar-refractivity contribution < 1.29 is 13.2 Å². The second kappa shape index (κ2) is 7.34. The molecule has 0 radical (unpaired) electrons. The summed E-state index contributed by atoms with van der Waals surface area (Å²) in [5.41, 5.74) is 1.85. The minimum absolute atomic E-state index is 0.270. The SMILES string of the molecule is C/C(=C\C(=O)NS(=O)(=O)Cc1ccc(Cl)nc1)c1ccncc1. The van der Waals surface area contributed by atoms with Crippen LogP contribution in [-0.2, 0) is 20.6 Å². The molecule has 1 N–H and O–H groups in total. The number of carbonyl (C=O) groups is 1. The number of pyridine rings is 2. The number of nitrogens with zero attached hydrogens (tertiary/aromatic N) is 2. The van der Waals surface area contributed by atoms with E-state index in [0.29, 0.717) is 11.1 Å². The second-order valence-electron chi connectivity index (χ2n) is 4.78. The predicted octanol–water partition coefficient (Wildman–Crippen LogP) is 2.18. The number of allylic oxidation sites excluding steroid dienone is 1. The van der Waals surface area contributed by atoms with Crippen LogP contribution in [0, 0.1) is 0 Å². The molecule has 0 aliphatic rings. The van der Waals surface area contributed by atoms with Crippen molar-refractivity contribution in [3.8, 4) is 0 Å². The van der Waals surface area contributed by atoms with Crippen LogP contribution in [0.25, 0.3) is 5.57 Å². The van der Waals surface area contributed by atoms with Crippen LogP contribution in [0.15, 0.2) is 48.9 Å². The number of carbonyl (C=O) groups excluding carboxylic acids is 1. The highest BCUT2D eigenvalue weighted by Gasteiger charge is 2.14. The highest BCUT2D eigenvalue weighted by molar-refractivity contribution is 7.89. The molecule has 0 bridgehead atoms. The van der Waals surface area contributed by atoms with E-state index >= 15 is 0 Å². The van der Waals surface area contributed by atoms with Gasteiger partial charge in [-0.3, -0.25) is 9.78 Å². The zero-order valence-electron chi connectivity index (χ0n) is 12.2. The summed E-state index contributed by atoms with van der Waals surface area (Å²) in [6.45, 7) is 1.71. The first kappa shape index (κ1) is 17.1. The molecule has 0 fully saturated rings. The first-order valence-corrected chi connectivity index (χ1v) is 8.62. The van der Waals surface area contributed by atoms with E-state index in [1.807, 2.05) is 4.72 Å². The molecule has 2 heterocycles. The number of nitrogens with one attached hydrogen (secondary N) is 1. The molecule has 2 aromatic rings. The summed E-state index contributed by atoms with van der Waals surface area (Å²) in [5.74, 6) is -1.06. The van der Waals surface area contributed by atoms with Crippen molar-refractivity contribution in [2.45, 2.75) is 12.7 Å². The average molecular weight is 352 g/mol. The third-order valence-corrected chi connectivity index (χ3v) is 4.33. The molecular formula is C15H14ClN3O3S. The highest BCUT2D eigenvalue weighted by atomic mass is 35.5. The molecule has 6 nitrogen and oxygen atoms in total. The Morgan fingerprint density at radius 1 is 1.26 bits per heavy atom. The molecule has 120 valence electrons. The van der Waals surface area contributed by atoms with Crippen molar-refractivity contribution in [1.82, 2.24) is 14.7 Å². The molecule has 0 aliphatic carbocycles. The Morgan fingerprint density at radius 2 is 1.96 bits per heavy atom. The van der Waals surface area contributed by atoms with Crippen LogP contribution in [-0.4, -0.2) is 24.3 Å². The van der Waals surface area contributed by atoms with Crippen LogP contribution < -0.4 is 4.72 Å². The Morgan fingerprint density at radius 3 is 2.57 bits per heavy atom. The maximum Gasteiger partial charge on any atom is 0.257 e. The number of hydrogen-bond donors (Lipinski definition) is 1. The smallest absolute Gasteiger partial charge is 0.257 e. The fraction of sp³-hybridized carbons (Fsp3) is 0.133. The Hall–Kier alpha value is -2.25. The van der Waals surface area contributed by atoms with Crippen LogP contribution in [0.3, 0.4) is 0 Å². The lowest BCUT2D eigenvalue weighted by atomic mass is 10.1. The van der Waals surface area contributed by atoms with Gasteiger partial charge in [0, 0.05) is 24.7 Å². The van der Waals surface area contributed by atoms with E-state index in [0.717, 1.165) is 5.56 Å². The minimum Gasteiger partial charge on any atom is -0.269 e. The van der Waals surface area contributed by atoms with E-state index in [2.05, 4.69) is 9.97 Å². The molecule has 0 saturated carbocycles. The maximum absolute atomic E-state index is 12.0. The normalized spacial score (nSPS) is 12.0. The van der Waals surface area contributed by atoms with E-state index in [9.17, 15) is 13.2 Å². The summed E-state index contributed by atoms with van der Waals surface area (Å²) in [5, 5.41) is 0.270. The van der Waals surface area contributed by atoms with Crippen molar-refractivity contribution in [2.75, 3.05) is 0 Å². The van der Waals surface area contributed by atoms with Crippen molar-refractivity contribution in [1.29, 1.82) is 0 Å². The van der Waals surface area contributed by atoms with Crippen LogP contribution in [0.4, 0.5) is 0 Å². The molecule has 0 saturated heterocycles. The minimum atomic E-state index is -3.81. The standard InChI is InChI=1S/C15H14ClN3O3S/c1-11(13-4-6-17-7-5-13)8-15(20)19-23(21,22)10-12-2-3-14(16)18-9-12/h2-9H,10H2,1H3,(H,19,20)/b11-8+. The molecule has 8 heteroatoms. The Labute approximate surface area is 139 Å². The van der Waals surface area contributed by atoms with E-state index in [-0.39, 0.29) is 10.9 Å². The van der Waals surface area contributed by atoms with Crippen molar-refractivity contribution in [3.05, 3.63) is 65.2 Å². The quantitative estimate of drug-likeness (QED) is 0.658. The highest BCUT2D eigenvalue weighted by Crippen LogP contribution is 2.12. The molecule has 2 rings (SSSR count). The summed E-state index contributed by atoms with van der Waals surface area (Å²) in [6.07, 6.45) is 5.76. The number of rotatable bonds is 5. The van der Waals surface area contributed by atoms with Crippen LogP contribution >= 0.6 is 11.6 Å². The van der Waals surface area contributed by atoms with Gasteiger partial charge >= 0.3 is 0 Å². The van der Waals surface area contributed by atoms with E-state index in [1.54, 1.807) is 31.5 Å². The number of aromatic nitrogens is 2. The zero-order valence-corrected chi connectivity index (χ0v) is 13.8. The number of halogens is 1. The summed E-state index contributed by atoms with van der Waals surface area (Å²) >= 11 is 5.64. The second-order valence-corrected chi connectivity index (χ2v) is 6.89. The first-order chi connectivity index (χ1) is 10.9. The Kier molecular flexibility index (Phi) is 5.46. The zero-order chi connectivity index (χ0) is 16.9. The summed E-state index contributed by atoms with van der Waals surface area (Å²) < 4.78 is 26.0. The van der Waals surface area contributed by atoms with Gasteiger partial charge in [-0.2, -0.15) is 0 Å². The largest absolute Gasteiger partial charge is 0.269 e. The van der Waals surface area contributed by atoms with Gasteiger partial charge in [-0.05, 0) is 41.8 Å². The van der Waals surface area contributed by atoms with Gasteiger partial charge < -0.3 is 0 Å². The van der Waals surface area contributed by atoms with Gasteiger partial charge in [0.1, 0.15) is 5.15 Å². The average Bonchev–Trinajstić information content (AvgIpc) is 2.49. The van der Waals surface area contributed by atoms with Crippen molar-refractivity contribution >= 4 is 33.1 Å². The first-order valence-electron chi connectivity index (χ1n) is 6.59. The molecular weight excluding hydrogens is 338 g/mol. The number of hydrogen-bond acceptors (Lipinski definition) is 5. The Balaban J connectivity index is 2.05. The topological polar surface area (TPSA) is 89.0 Å². The lowest BCUT2D eigenvalue weighted by Gasteiger charge is -2.06. The number of sulfonamides is 1. The van der Waals surface area contributed by atoms with Gasteiger partial charge in [0.2, 0.25) is 10.0 Å². The predicted molar refractivity (Wildman–Crippen MR) is 87.9 cm³/mol. The lowest BCUT2D eigenvalue weighted by molar-refractivity contribution is -0.114. The Bertz CT molecular complexity index is 819. The molecule has 0 aromatic carbocycles.